The van der Waals surface area contributed by atoms with Crippen LogP contribution in [0, 0.1) is 0 Å². The molecule has 2 atom stereocenters. The van der Waals surface area contributed by atoms with Crippen molar-refractivity contribution in [1.82, 2.24) is 4.98 Å². The van der Waals surface area contributed by atoms with Crippen LogP contribution in [0.25, 0.3) is 10.8 Å². The quantitative estimate of drug-likeness (QED) is 0.852. The summed E-state index contributed by atoms with van der Waals surface area (Å²) in [5.41, 5.74) is 0.290. The van der Waals surface area contributed by atoms with Gasteiger partial charge in [0.2, 0.25) is 0 Å². The molecule has 2 aromatic rings. The third-order valence-corrected chi connectivity index (χ3v) is 4.51. The Morgan fingerprint density at radius 2 is 1.95 bits per heavy atom. The maximum atomic E-state index is 11.1. The molecule has 1 aromatic carbocycles. The fourth-order valence-corrected chi connectivity index (χ4v) is 3.67. The summed E-state index contributed by atoms with van der Waals surface area (Å²) in [4.78, 5) is 4.16. The number of hydrogen-bond acceptors (Lipinski definition) is 3. The van der Waals surface area contributed by atoms with E-state index in [1.807, 2.05) is 30.5 Å². The van der Waals surface area contributed by atoms with Crippen LogP contribution in [0.4, 0.5) is 0 Å². The van der Waals surface area contributed by atoms with Gasteiger partial charge in [-0.1, -0.05) is 18.2 Å². The summed E-state index contributed by atoms with van der Waals surface area (Å²) in [5.74, 6) is 0. The summed E-state index contributed by atoms with van der Waals surface area (Å²) in [6.07, 6.45) is 7.69. The van der Waals surface area contributed by atoms with Crippen molar-refractivity contribution in [1.29, 1.82) is 0 Å². The molecule has 2 aliphatic heterocycles. The van der Waals surface area contributed by atoms with Crippen LogP contribution < -0.4 is 0 Å². The minimum absolute atomic E-state index is 0.223. The van der Waals surface area contributed by atoms with E-state index in [1.165, 1.54) is 0 Å². The molecule has 2 aliphatic rings. The molecule has 2 bridgehead atoms. The minimum atomic E-state index is -0.745. The van der Waals surface area contributed by atoms with E-state index in [0.29, 0.717) is 12.8 Å². The normalized spacial score (nSPS) is 33.7. The summed E-state index contributed by atoms with van der Waals surface area (Å²) in [7, 11) is 0. The molecule has 0 aliphatic carbocycles. The van der Waals surface area contributed by atoms with Crippen molar-refractivity contribution in [3.05, 3.63) is 42.2 Å². The monoisotopic (exact) mass is 255 g/mol. The van der Waals surface area contributed by atoms with Crippen LogP contribution in [0.15, 0.2) is 36.7 Å². The molecule has 98 valence electrons. The Morgan fingerprint density at radius 1 is 1.16 bits per heavy atom. The van der Waals surface area contributed by atoms with Gasteiger partial charge >= 0.3 is 0 Å². The molecule has 3 nitrogen and oxygen atoms in total. The number of hydrogen-bond donors (Lipinski definition) is 1. The number of pyridine rings is 1. The standard InChI is InChI=1S/C16H17NO2/c18-16(8-12-4-5-13(9-16)19-12)15-3-1-2-11-10-17-7-6-14(11)15/h1-3,6-7,10,12-13,18H,4-5,8-9H2. The highest BCUT2D eigenvalue weighted by Gasteiger charge is 2.45. The molecule has 3 heteroatoms. The maximum absolute atomic E-state index is 11.1. The first kappa shape index (κ1) is 11.4. The summed E-state index contributed by atoms with van der Waals surface area (Å²) in [5, 5.41) is 13.3. The molecule has 0 radical (unpaired) electrons. The minimum Gasteiger partial charge on any atom is -0.385 e. The molecular formula is C16H17NO2. The van der Waals surface area contributed by atoms with Gasteiger partial charge < -0.3 is 9.84 Å². The molecule has 0 amide bonds. The number of nitrogens with zero attached hydrogens (tertiary/aromatic N) is 1. The topological polar surface area (TPSA) is 42.4 Å². The molecule has 4 rings (SSSR count). The van der Waals surface area contributed by atoms with Crippen molar-refractivity contribution in [3.8, 4) is 0 Å². The first-order chi connectivity index (χ1) is 9.24. The first-order valence-corrected chi connectivity index (χ1v) is 6.96. The van der Waals surface area contributed by atoms with Crippen LogP contribution in [0.3, 0.4) is 0 Å². The summed E-state index contributed by atoms with van der Waals surface area (Å²) in [6.45, 7) is 0. The Balaban J connectivity index is 1.85. The highest BCUT2D eigenvalue weighted by atomic mass is 16.5. The third kappa shape index (κ3) is 1.77. The number of benzene rings is 1. The molecule has 3 heterocycles. The van der Waals surface area contributed by atoms with Crippen LogP contribution >= 0.6 is 0 Å². The SMILES string of the molecule is OC1(c2cccc3cnccc23)CC2CCC(C1)O2. The fraction of sp³-hybridized carbons (Fsp3) is 0.438. The predicted octanol–water partition coefficient (Wildman–Crippen LogP) is 2.76. The van der Waals surface area contributed by atoms with Crippen LogP contribution in [-0.2, 0) is 10.3 Å². The van der Waals surface area contributed by atoms with E-state index in [9.17, 15) is 5.11 Å². The van der Waals surface area contributed by atoms with Crippen molar-refractivity contribution in [2.24, 2.45) is 0 Å². The zero-order valence-corrected chi connectivity index (χ0v) is 10.7. The number of rotatable bonds is 1. The lowest BCUT2D eigenvalue weighted by atomic mass is 9.81. The lowest BCUT2D eigenvalue weighted by Crippen LogP contribution is -2.38. The van der Waals surface area contributed by atoms with Gasteiger partial charge in [0, 0.05) is 30.6 Å². The Labute approximate surface area is 112 Å². The molecule has 1 N–H and O–H groups in total. The Kier molecular flexibility index (Phi) is 2.41. The Hall–Kier alpha value is -1.45. The second-order valence-electron chi connectivity index (χ2n) is 5.80. The molecule has 0 spiro atoms. The van der Waals surface area contributed by atoms with Gasteiger partial charge in [0.05, 0.1) is 17.8 Å². The van der Waals surface area contributed by atoms with E-state index in [-0.39, 0.29) is 12.2 Å². The zero-order valence-electron chi connectivity index (χ0n) is 10.7. The molecular weight excluding hydrogens is 238 g/mol. The largest absolute Gasteiger partial charge is 0.385 e. The number of ether oxygens (including phenoxy) is 1. The lowest BCUT2D eigenvalue weighted by Gasteiger charge is -2.37. The third-order valence-electron chi connectivity index (χ3n) is 4.51. The fourth-order valence-electron chi connectivity index (χ4n) is 3.67. The van der Waals surface area contributed by atoms with Crippen LogP contribution in [0.1, 0.15) is 31.2 Å². The summed E-state index contributed by atoms with van der Waals surface area (Å²) < 4.78 is 5.85. The van der Waals surface area contributed by atoms with Crippen molar-refractivity contribution in [2.45, 2.75) is 43.5 Å². The number of fused-ring (bicyclic) bond motifs is 3. The van der Waals surface area contributed by atoms with E-state index in [4.69, 9.17) is 4.74 Å². The Morgan fingerprint density at radius 3 is 2.74 bits per heavy atom. The van der Waals surface area contributed by atoms with Crippen LogP contribution in [0.5, 0.6) is 0 Å². The van der Waals surface area contributed by atoms with Crippen molar-refractivity contribution < 1.29 is 9.84 Å². The molecule has 2 unspecified atom stereocenters. The van der Waals surface area contributed by atoms with Gasteiger partial charge in [-0.3, -0.25) is 4.98 Å². The van der Waals surface area contributed by atoms with Gasteiger partial charge in [0.25, 0.3) is 0 Å². The second-order valence-corrected chi connectivity index (χ2v) is 5.80. The van der Waals surface area contributed by atoms with Crippen LogP contribution in [-0.4, -0.2) is 22.3 Å². The van der Waals surface area contributed by atoms with E-state index in [1.54, 1.807) is 6.20 Å². The zero-order chi connectivity index (χ0) is 12.9. The smallest absolute Gasteiger partial charge is 0.0951 e. The Bertz CT molecular complexity index is 608. The highest BCUT2D eigenvalue weighted by molar-refractivity contribution is 5.85. The van der Waals surface area contributed by atoms with E-state index < -0.39 is 5.60 Å². The number of aromatic nitrogens is 1. The molecule has 2 fully saturated rings. The average molecular weight is 255 g/mol. The van der Waals surface area contributed by atoms with Crippen molar-refractivity contribution >= 4 is 10.8 Å². The number of aliphatic hydroxyl groups is 1. The van der Waals surface area contributed by atoms with Gasteiger partial charge in [0.15, 0.2) is 0 Å². The highest BCUT2D eigenvalue weighted by Crippen LogP contribution is 2.45. The predicted molar refractivity (Wildman–Crippen MR) is 72.8 cm³/mol. The molecule has 0 saturated carbocycles. The lowest BCUT2D eigenvalue weighted by molar-refractivity contribution is -0.114. The van der Waals surface area contributed by atoms with Gasteiger partial charge in [-0.25, -0.2) is 0 Å². The van der Waals surface area contributed by atoms with Crippen molar-refractivity contribution in [2.75, 3.05) is 0 Å². The van der Waals surface area contributed by atoms with E-state index >= 15 is 0 Å². The van der Waals surface area contributed by atoms with Crippen LogP contribution in [0.2, 0.25) is 0 Å². The maximum Gasteiger partial charge on any atom is 0.0951 e. The first-order valence-electron chi connectivity index (χ1n) is 6.96. The van der Waals surface area contributed by atoms with E-state index in [0.717, 1.165) is 29.2 Å². The van der Waals surface area contributed by atoms with Gasteiger partial charge in [-0.05, 0) is 29.9 Å². The van der Waals surface area contributed by atoms with Gasteiger partial charge in [0.1, 0.15) is 0 Å². The molecule has 19 heavy (non-hydrogen) atoms. The van der Waals surface area contributed by atoms with Gasteiger partial charge in [-0.15, -0.1) is 0 Å². The summed E-state index contributed by atoms with van der Waals surface area (Å²) >= 11 is 0. The van der Waals surface area contributed by atoms with Crippen molar-refractivity contribution in [3.63, 3.8) is 0 Å². The van der Waals surface area contributed by atoms with E-state index in [2.05, 4.69) is 4.98 Å². The molecule has 1 aromatic heterocycles. The second kappa shape index (κ2) is 4.02. The molecule has 2 saturated heterocycles. The summed E-state index contributed by atoms with van der Waals surface area (Å²) in [6, 6.07) is 8.10. The average Bonchev–Trinajstić information content (AvgIpc) is 2.78. The van der Waals surface area contributed by atoms with Gasteiger partial charge in [-0.2, -0.15) is 0 Å².